The zero-order valence-electron chi connectivity index (χ0n) is 12.4. The molecule has 1 fully saturated rings. The number of aromatic nitrogens is 1. The summed E-state index contributed by atoms with van der Waals surface area (Å²) in [5.74, 6) is 0.716. The van der Waals surface area contributed by atoms with Crippen LogP contribution in [0.4, 0.5) is 5.13 Å². The van der Waals surface area contributed by atoms with Gasteiger partial charge in [0, 0.05) is 30.9 Å². The van der Waals surface area contributed by atoms with E-state index in [1.165, 1.54) is 23.4 Å². The first-order valence-corrected chi connectivity index (χ1v) is 7.90. The quantitative estimate of drug-likeness (QED) is 0.796. The van der Waals surface area contributed by atoms with Crippen molar-refractivity contribution in [1.82, 2.24) is 10.3 Å². The number of rotatable bonds is 8. The average molecular weight is 283 g/mol. The van der Waals surface area contributed by atoms with Crippen LogP contribution in [-0.4, -0.2) is 38.3 Å². The summed E-state index contributed by atoms with van der Waals surface area (Å²) in [5.41, 5.74) is 1.32. The Labute approximate surface area is 120 Å². The van der Waals surface area contributed by atoms with Gasteiger partial charge in [-0.05, 0) is 33.7 Å². The highest BCUT2D eigenvalue weighted by atomic mass is 32.1. The highest BCUT2D eigenvalue weighted by Crippen LogP contribution is 2.44. The van der Waals surface area contributed by atoms with E-state index in [-0.39, 0.29) is 0 Å². The summed E-state index contributed by atoms with van der Waals surface area (Å²) in [4.78, 5) is 8.44. The molecular weight excluding hydrogens is 258 g/mol. The number of thiazole rings is 1. The summed E-state index contributed by atoms with van der Waals surface area (Å²) in [6.07, 6.45) is 2.91. The van der Waals surface area contributed by atoms with Crippen LogP contribution in [0.15, 0.2) is 0 Å². The van der Waals surface area contributed by atoms with Crippen molar-refractivity contribution in [2.75, 3.05) is 32.1 Å². The second-order valence-corrected chi connectivity index (χ2v) is 6.51. The minimum atomic E-state index is 0.298. The van der Waals surface area contributed by atoms with Crippen LogP contribution in [0.25, 0.3) is 0 Å². The summed E-state index contributed by atoms with van der Waals surface area (Å²) in [6, 6.07) is 0. The van der Waals surface area contributed by atoms with Crippen LogP contribution in [0.1, 0.15) is 43.2 Å². The molecule has 1 aliphatic rings. The molecule has 0 saturated heterocycles. The van der Waals surface area contributed by atoms with Gasteiger partial charge in [0.25, 0.3) is 0 Å². The van der Waals surface area contributed by atoms with Crippen molar-refractivity contribution in [2.45, 2.75) is 45.3 Å². The van der Waals surface area contributed by atoms with Crippen molar-refractivity contribution in [2.24, 2.45) is 0 Å². The third-order valence-electron chi connectivity index (χ3n) is 3.22. The number of nitrogens with one attached hydrogen (secondary N) is 1. The highest BCUT2D eigenvalue weighted by Gasteiger charge is 2.29. The van der Waals surface area contributed by atoms with Gasteiger partial charge in [-0.25, -0.2) is 4.98 Å². The SMILES string of the molecule is CNCc1sc(N(C)CCOC(C)C)nc1C1CC1. The maximum Gasteiger partial charge on any atom is 0.185 e. The Hall–Kier alpha value is -0.650. The van der Waals surface area contributed by atoms with Gasteiger partial charge in [-0.1, -0.05) is 0 Å². The van der Waals surface area contributed by atoms with Crippen molar-refractivity contribution in [3.63, 3.8) is 0 Å². The number of likely N-dealkylation sites (N-methyl/N-ethyl adjacent to an activating group) is 1. The first-order chi connectivity index (χ1) is 9.11. The van der Waals surface area contributed by atoms with Gasteiger partial charge in [0.1, 0.15) is 0 Å². The molecule has 0 spiro atoms. The van der Waals surface area contributed by atoms with Crippen molar-refractivity contribution in [3.8, 4) is 0 Å². The predicted octanol–water partition coefficient (Wildman–Crippen LogP) is 2.60. The van der Waals surface area contributed by atoms with E-state index in [0.717, 1.165) is 24.8 Å². The molecule has 0 unspecified atom stereocenters. The fraction of sp³-hybridized carbons (Fsp3) is 0.786. The van der Waals surface area contributed by atoms with Gasteiger partial charge >= 0.3 is 0 Å². The Balaban J connectivity index is 1.96. The second-order valence-electron chi connectivity index (χ2n) is 5.45. The lowest BCUT2D eigenvalue weighted by molar-refractivity contribution is 0.0846. The third-order valence-corrected chi connectivity index (χ3v) is 4.41. The van der Waals surface area contributed by atoms with Crippen LogP contribution in [0, 0.1) is 0 Å². The van der Waals surface area contributed by atoms with Crippen LogP contribution in [0.5, 0.6) is 0 Å². The molecule has 0 aliphatic heterocycles. The first-order valence-electron chi connectivity index (χ1n) is 7.08. The summed E-state index contributed by atoms with van der Waals surface area (Å²) in [6.45, 7) is 6.72. The molecule has 2 rings (SSSR count). The summed E-state index contributed by atoms with van der Waals surface area (Å²) < 4.78 is 5.60. The molecular formula is C14H25N3OS. The Morgan fingerprint density at radius 1 is 1.47 bits per heavy atom. The molecule has 0 radical (unpaired) electrons. The van der Waals surface area contributed by atoms with Gasteiger partial charge < -0.3 is 15.0 Å². The maximum absolute atomic E-state index is 5.60. The van der Waals surface area contributed by atoms with Gasteiger partial charge in [-0.15, -0.1) is 11.3 Å². The van der Waals surface area contributed by atoms with E-state index < -0.39 is 0 Å². The minimum absolute atomic E-state index is 0.298. The van der Waals surface area contributed by atoms with E-state index in [4.69, 9.17) is 9.72 Å². The van der Waals surface area contributed by atoms with Crippen LogP contribution in [-0.2, 0) is 11.3 Å². The van der Waals surface area contributed by atoms with E-state index >= 15 is 0 Å². The van der Waals surface area contributed by atoms with Gasteiger partial charge in [0.2, 0.25) is 0 Å². The number of ether oxygens (including phenoxy) is 1. The zero-order chi connectivity index (χ0) is 13.8. The lowest BCUT2D eigenvalue weighted by atomic mass is 10.2. The Kier molecular flexibility index (Phi) is 5.19. The number of anilines is 1. The summed E-state index contributed by atoms with van der Waals surface area (Å²) in [5, 5.41) is 4.37. The second kappa shape index (κ2) is 6.68. The molecule has 0 atom stereocenters. The Morgan fingerprint density at radius 2 is 2.21 bits per heavy atom. The Bertz CT molecular complexity index is 401. The molecule has 0 bridgehead atoms. The normalized spacial score (nSPS) is 15.2. The average Bonchev–Trinajstić information content (AvgIpc) is 3.11. The molecule has 0 amide bonds. The molecule has 1 aromatic heterocycles. The van der Waals surface area contributed by atoms with Crippen molar-refractivity contribution >= 4 is 16.5 Å². The molecule has 1 heterocycles. The maximum atomic E-state index is 5.60. The summed E-state index contributed by atoms with van der Waals surface area (Å²) >= 11 is 1.82. The van der Waals surface area contributed by atoms with Crippen molar-refractivity contribution < 1.29 is 4.74 Å². The molecule has 1 aromatic rings. The smallest absolute Gasteiger partial charge is 0.185 e. The highest BCUT2D eigenvalue weighted by molar-refractivity contribution is 7.15. The number of hydrogen-bond donors (Lipinski definition) is 1. The molecule has 1 aliphatic carbocycles. The molecule has 1 saturated carbocycles. The first kappa shape index (κ1) is 14.8. The van der Waals surface area contributed by atoms with Gasteiger partial charge in [0.05, 0.1) is 18.4 Å². The predicted molar refractivity (Wildman–Crippen MR) is 81.2 cm³/mol. The lowest BCUT2D eigenvalue weighted by Crippen LogP contribution is -2.23. The van der Waals surface area contributed by atoms with E-state index in [0.29, 0.717) is 12.0 Å². The molecule has 5 heteroatoms. The van der Waals surface area contributed by atoms with Crippen LogP contribution in [0.2, 0.25) is 0 Å². The van der Waals surface area contributed by atoms with E-state index in [1.807, 2.05) is 18.4 Å². The fourth-order valence-corrected chi connectivity index (χ4v) is 3.14. The van der Waals surface area contributed by atoms with Crippen molar-refractivity contribution in [1.29, 1.82) is 0 Å². The molecule has 108 valence electrons. The monoisotopic (exact) mass is 283 g/mol. The van der Waals surface area contributed by atoms with E-state index in [9.17, 15) is 0 Å². The summed E-state index contributed by atoms with van der Waals surface area (Å²) in [7, 11) is 4.10. The third kappa shape index (κ3) is 4.16. The zero-order valence-corrected chi connectivity index (χ0v) is 13.2. The van der Waals surface area contributed by atoms with Crippen LogP contribution >= 0.6 is 11.3 Å². The molecule has 0 aromatic carbocycles. The van der Waals surface area contributed by atoms with Gasteiger partial charge in [-0.3, -0.25) is 0 Å². The standard InChI is InChI=1S/C14H25N3OS/c1-10(2)18-8-7-17(4)14-16-13(11-5-6-11)12(19-14)9-15-3/h10-11,15H,5-9H2,1-4H3. The van der Waals surface area contributed by atoms with E-state index in [1.54, 1.807) is 0 Å². The molecule has 1 N–H and O–H groups in total. The van der Waals surface area contributed by atoms with Gasteiger partial charge in [-0.2, -0.15) is 0 Å². The van der Waals surface area contributed by atoms with Crippen molar-refractivity contribution in [3.05, 3.63) is 10.6 Å². The minimum Gasteiger partial charge on any atom is -0.377 e. The van der Waals surface area contributed by atoms with Crippen LogP contribution in [0.3, 0.4) is 0 Å². The lowest BCUT2D eigenvalue weighted by Gasteiger charge is -2.16. The molecule has 19 heavy (non-hydrogen) atoms. The van der Waals surface area contributed by atoms with Gasteiger partial charge in [0.15, 0.2) is 5.13 Å². The largest absolute Gasteiger partial charge is 0.377 e. The Morgan fingerprint density at radius 3 is 2.79 bits per heavy atom. The fourth-order valence-electron chi connectivity index (χ4n) is 2.00. The number of nitrogens with zero attached hydrogens (tertiary/aromatic N) is 2. The topological polar surface area (TPSA) is 37.4 Å². The molecule has 4 nitrogen and oxygen atoms in total. The van der Waals surface area contributed by atoms with E-state index in [2.05, 4.69) is 31.1 Å². The number of hydrogen-bond acceptors (Lipinski definition) is 5. The van der Waals surface area contributed by atoms with Crippen LogP contribution < -0.4 is 10.2 Å².